The highest BCUT2D eigenvalue weighted by Crippen LogP contribution is 2.29. The second kappa shape index (κ2) is 8.24. The van der Waals surface area contributed by atoms with Crippen LogP contribution >= 0.6 is 0 Å². The van der Waals surface area contributed by atoms with Crippen LogP contribution in [0, 0.1) is 13.8 Å². The molecule has 1 unspecified atom stereocenters. The van der Waals surface area contributed by atoms with Gasteiger partial charge in [-0.25, -0.2) is 23.1 Å². The molecule has 4 N–H and O–H groups in total. The first-order valence-electron chi connectivity index (χ1n) is 9.01. The highest BCUT2D eigenvalue weighted by Gasteiger charge is 2.18. The van der Waals surface area contributed by atoms with E-state index < -0.39 is 16.1 Å². The van der Waals surface area contributed by atoms with Crippen LogP contribution in [0.4, 0.5) is 5.82 Å². The van der Waals surface area contributed by atoms with Crippen molar-refractivity contribution in [2.75, 3.05) is 12.3 Å². The van der Waals surface area contributed by atoms with E-state index in [-0.39, 0.29) is 17.3 Å². The summed E-state index contributed by atoms with van der Waals surface area (Å²) in [5.74, 6) is 0.277. The van der Waals surface area contributed by atoms with Gasteiger partial charge in [-0.2, -0.15) is 0 Å². The van der Waals surface area contributed by atoms with Crippen molar-refractivity contribution in [1.29, 1.82) is 0 Å². The van der Waals surface area contributed by atoms with Crippen molar-refractivity contribution in [3.8, 4) is 22.5 Å². The third-order valence-electron chi connectivity index (χ3n) is 4.33. The van der Waals surface area contributed by atoms with E-state index in [4.69, 9.17) is 5.73 Å². The Balaban J connectivity index is 2.06. The second-order valence-electron chi connectivity index (χ2n) is 6.85. The number of aliphatic hydroxyl groups excluding tert-OH is 1. The van der Waals surface area contributed by atoms with Crippen molar-refractivity contribution in [2.45, 2.75) is 31.8 Å². The van der Waals surface area contributed by atoms with Crippen LogP contribution in [0.1, 0.15) is 18.2 Å². The minimum atomic E-state index is -3.77. The molecule has 0 saturated carbocycles. The SMILES string of the molecule is Cc1cc(-c2nc(-c3cc(S(=O)(=O)NCC(C)O)ccc3C)cnc2N)ccn1. The number of nitrogens with one attached hydrogen (secondary N) is 1. The van der Waals surface area contributed by atoms with E-state index in [1.165, 1.54) is 19.2 Å². The molecular weight excluding hydrogens is 390 g/mol. The highest BCUT2D eigenvalue weighted by molar-refractivity contribution is 7.89. The van der Waals surface area contributed by atoms with Gasteiger partial charge in [-0.15, -0.1) is 0 Å². The molecule has 2 heterocycles. The number of hydrogen-bond donors (Lipinski definition) is 3. The average molecular weight is 414 g/mol. The fraction of sp³-hybridized carbons (Fsp3) is 0.250. The maximum absolute atomic E-state index is 12.5. The number of anilines is 1. The van der Waals surface area contributed by atoms with E-state index in [9.17, 15) is 13.5 Å². The minimum Gasteiger partial charge on any atom is -0.392 e. The first-order valence-corrected chi connectivity index (χ1v) is 10.5. The number of aryl methyl sites for hydroxylation is 2. The molecule has 0 bridgehead atoms. The molecule has 0 radical (unpaired) electrons. The zero-order valence-electron chi connectivity index (χ0n) is 16.4. The Hall–Kier alpha value is -2.88. The van der Waals surface area contributed by atoms with Gasteiger partial charge in [0.25, 0.3) is 0 Å². The molecular formula is C20H23N5O3S. The number of nitrogen functional groups attached to an aromatic ring is 1. The lowest BCUT2D eigenvalue weighted by molar-refractivity contribution is 0.198. The lowest BCUT2D eigenvalue weighted by Gasteiger charge is -2.13. The number of pyridine rings is 1. The van der Waals surface area contributed by atoms with Gasteiger partial charge in [0.15, 0.2) is 0 Å². The van der Waals surface area contributed by atoms with Gasteiger partial charge in [0, 0.05) is 29.6 Å². The van der Waals surface area contributed by atoms with Gasteiger partial charge in [-0.1, -0.05) is 6.07 Å². The van der Waals surface area contributed by atoms with Crippen molar-refractivity contribution < 1.29 is 13.5 Å². The summed E-state index contributed by atoms with van der Waals surface area (Å²) < 4.78 is 27.4. The predicted molar refractivity (Wildman–Crippen MR) is 111 cm³/mol. The molecule has 8 nitrogen and oxygen atoms in total. The summed E-state index contributed by atoms with van der Waals surface area (Å²) >= 11 is 0. The van der Waals surface area contributed by atoms with E-state index in [1.807, 2.05) is 19.9 Å². The predicted octanol–water partition coefficient (Wildman–Crippen LogP) is 2.06. The van der Waals surface area contributed by atoms with Crippen LogP contribution in [0.15, 0.2) is 47.6 Å². The molecule has 152 valence electrons. The van der Waals surface area contributed by atoms with Crippen LogP contribution in [-0.4, -0.2) is 41.1 Å². The normalized spacial score (nSPS) is 12.7. The summed E-state index contributed by atoms with van der Waals surface area (Å²) in [6, 6.07) is 8.42. The van der Waals surface area contributed by atoms with Gasteiger partial charge < -0.3 is 10.8 Å². The average Bonchev–Trinajstić information content (AvgIpc) is 2.67. The summed E-state index contributed by atoms with van der Waals surface area (Å²) in [5.41, 5.74) is 10.1. The number of rotatable bonds is 6. The van der Waals surface area contributed by atoms with Crippen molar-refractivity contribution in [3.63, 3.8) is 0 Å². The smallest absolute Gasteiger partial charge is 0.240 e. The fourth-order valence-electron chi connectivity index (χ4n) is 2.79. The molecule has 0 amide bonds. The quantitative estimate of drug-likeness (QED) is 0.564. The summed E-state index contributed by atoms with van der Waals surface area (Å²) in [5, 5.41) is 9.36. The summed E-state index contributed by atoms with van der Waals surface area (Å²) in [6.45, 7) is 5.17. The van der Waals surface area contributed by atoms with Crippen LogP contribution in [0.5, 0.6) is 0 Å². The third kappa shape index (κ3) is 4.76. The first-order chi connectivity index (χ1) is 13.7. The van der Waals surface area contributed by atoms with Crippen LogP contribution in [-0.2, 0) is 10.0 Å². The lowest BCUT2D eigenvalue weighted by atomic mass is 10.1. The largest absolute Gasteiger partial charge is 0.392 e. The van der Waals surface area contributed by atoms with E-state index in [1.54, 1.807) is 24.4 Å². The molecule has 9 heteroatoms. The Labute approximate surface area is 169 Å². The molecule has 29 heavy (non-hydrogen) atoms. The molecule has 0 spiro atoms. The van der Waals surface area contributed by atoms with Gasteiger partial charge in [0.05, 0.1) is 22.9 Å². The summed E-state index contributed by atoms with van der Waals surface area (Å²) in [4.78, 5) is 13.2. The maximum atomic E-state index is 12.5. The number of sulfonamides is 1. The topological polar surface area (TPSA) is 131 Å². The van der Waals surface area contributed by atoms with Gasteiger partial charge in [0.1, 0.15) is 11.5 Å². The van der Waals surface area contributed by atoms with Gasteiger partial charge in [-0.05, 0) is 50.6 Å². The van der Waals surface area contributed by atoms with Crippen LogP contribution in [0.25, 0.3) is 22.5 Å². The summed E-state index contributed by atoms with van der Waals surface area (Å²) in [7, 11) is -3.77. The van der Waals surface area contributed by atoms with Crippen LogP contribution in [0.3, 0.4) is 0 Å². The highest BCUT2D eigenvalue weighted by atomic mass is 32.2. The standard InChI is InChI=1S/C20H23N5O3S/c1-12-4-5-16(29(27,28)24-10-14(3)26)9-17(12)18-11-23-20(21)19(25-18)15-6-7-22-13(2)8-15/h4-9,11,14,24,26H,10H2,1-3H3,(H2,21,23). The lowest BCUT2D eigenvalue weighted by Crippen LogP contribution is -2.30. The number of nitrogens with two attached hydrogens (primary N) is 1. The zero-order chi connectivity index (χ0) is 21.2. The Morgan fingerprint density at radius 2 is 1.93 bits per heavy atom. The number of nitrogens with zero attached hydrogens (tertiary/aromatic N) is 3. The molecule has 1 atom stereocenters. The Kier molecular flexibility index (Phi) is 5.92. The Morgan fingerprint density at radius 1 is 1.17 bits per heavy atom. The van der Waals surface area contributed by atoms with Crippen molar-refractivity contribution >= 4 is 15.8 Å². The van der Waals surface area contributed by atoms with Gasteiger partial charge in [0.2, 0.25) is 10.0 Å². The third-order valence-corrected chi connectivity index (χ3v) is 5.76. The van der Waals surface area contributed by atoms with Crippen molar-refractivity contribution in [2.24, 2.45) is 0 Å². The van der Waals surface area contributed by atoms with Crippen LogP contribution < -0.4 is 10.5 Å². The monoisotopic (exact) mass is 413 g/mol. The second-order valence-corrected chi connectivity index (χ2v) is 8.62. The number of benzene rings is 1. The van der Waals surface area contributed by atoms with E-state index in [0.29, 0.717) is 17.0 Å². The van der Waals surface area contributed by atoms with E-state index >= 15 is 0 Å². The molecule has 1 aromatic carbocycles. The zero-order valence-corrected chi connectivity index (χ0v) is 17.2. The number of aromatic nitrogens is 3. The molecule has 0 aliphatic heterocycles. The Bertz CT molecular complexity index is 1150. The summed E-state index contributed by atoms with van der Waals surface area (Å²) in [6.07, 6.45) is 2.41. The molecule has 0 saturated heterocycles. The Morgan fingerprint density at radius 3 is 2.62 bits per heavy atom. The van der Waals surface area contributed by atoms with E-state index in [0.717, 1.165) is 16.8 Å². The van der Waals surface area contributed by atoms with Crippen LogP contribution in [0.2, 0.25) is 0 Å². The minimum absolute atomic E-state index is 0.0707. The molecule has 0 aliphatic carbocycles. The number of hydrogen-bond acceptors (Lipinski definition) is 7. The first kappa shape index (κ1) is 20.8. The molecule has 0 fully saturated rings. The maximum Gasteiger partial charge on any atom is 0.240 e. The van der Waals surface area contributed by atoms with E-state index in [2.05, 4.69) is 19.7 Å². The van der Waals surface area contributed by atoms with Crippen molar-refractivity contribution in [1.82, 2.24) is 19.7 Å². The molecule has 3 rings (SSSR count). The van der Waals surface area contributed by atoms with Gasteiger partial charge >= 0.3 is 0 Å². The molecule has 0 aliphatic rings. The number of aliphatic hydroxyl groups is 1. The fourth-order valence-corrected chi connectivity index (χ4v) is 3.94. The van der Waals surface area contributed by atoms with Gasteiger partial charge in [-0.3, -0.25) is 4.98 Å². The molecule has 2 aromatic heterocycles. The van der Waals surface area contributed by atoms with Crippen molar-refractivity contribution in [3.05, 3.63) is 54.0 Å². The molecule has 3 aromatic rings.